The number of carboxylic acid groups (broad SMARTS) is 1. The maximum Gasteiger partial charge on any atom is 0.416 e. The number of hydrogen-bond acceptors (Lipinski definition) is 5. The van der Waals surface area contributed by atoms with Gasteiger partial charge in [-0.05, 0) is 85.8 Å². The maximum atomic E-state index is 14.0. The first-order valence-corrected chi connectivity index (χ1v) is 16.2. The Morgan fingerprint density at radius 3 is 2.16 bits per heavy atom. The topological polar surface area (TPSA) is 79.3 Å². The fourth-order valence-electron chi connectivity index (χ4n) is 7.69. The molecule has 0 radical (unpaired) electrons. The van der Waals surface area contributed by atoms with E-state index in [0.29, 0.717) is 56.6 Å². The molecule has 50 heavy (non-hydrogen) atoms. The van der Waals surface area contributed by atoms with Crippen LogP contribution in [0.5, 0.6) is 0 Å². The van der Waals surface area contributed by atoms with Crippen molar-refractivity contribution in [2.24, 2.45) is 0 Å². The monoisotopic (exact) mass is 708 g/mol. The number of nitrogens with zero attached hydrogens (tertiary/aromatic N) is 2. The second-order valence-electron chi connectivity index (χ2n) is 13.2. The Balaban J connectivity index is 1.22. The van der Waals surface area contributed by atoms with E-state index in [-0.39, 0.29) is 43.7 Å². The molecular formula is C36H35F7N2O5. The largest absolute Gasteiger partial charge is 0.480 e. The fourth-order valence-corrected chi connectivity index (χ4v) is 7.69. The third-order valence-corrected chi connectivity index (χ3v) is 10.2. The van der Waals surface area contributed by atoms with Crippen LogP contribution in [0.4, 0.5) is 30.7 Å². The van der Waals surface area contributed by atoms with Crippen molar-refractivity contribution in [3.8, 4) is 0 Å². The van der Waals surface area contributed by atoms with E-state index in [0.717, 1.165) is 11.1 Å². The van der Waals surface area contributed by atoms with E-state index in [1.165, 1.54) is 29.2 Å². The van der Waals surface area contributed by atoms with Crippen molar-refractivity contribution < 1.29 is 54.9 Å². The first kappa shape index (κ1) is 35.8. The van der Waals surface area contributed by atoms with Gasteiger partial charge in [-0.25, -0.2) is 9.18 Å². The molecule has 1 amide bonds. The third kappa shape index (κ3) is 7.24. The third-order valence-electron chi connectivity index (χ3n) is 10.2. The van der Waals surface area contributed by atoms with Gasteiger partial charge < -0.3 is 24.4 Å². The Kier molecular flexibility index (Phi) is 9.74. The van der Waals surface area contributed by atoms with Gasteiger partial charge in [-0.2, -0.15) is 26.3 Å². The first-order valence-electron chi connectivity index (χ1n) is 16.2. The van der Waals surface area contributed by atoms with Crippen LogP contribution in [0.3, 0.4) is 0 Å². The zero-order valence-corrected chi connectivity index (χ0v) is 26.8. The lowest BCUT2D eigenvalue weighted by Crippen LogP contribution is -2.54. The van der Waals surface area contributed by atoms with E-state index in [4.69, 9.17) is 9.47 Å². The number of amides is 1. The number of morpholine rings is 1. The normalized spacial score (nSPS) is 22.5. The number of carbonyl (C=O) groups excluding carboxylic acids is 1. The van der Waals surface area contributed by atoms with E-state index in [9.17, 15) is 45.4 Å². The number of piperidine rings is 1. The van der Waals surface area contributed by atoms with Gasteiger partial charge in [0.2, 0.25) is 0 Å². The number of fused-ring (bicyclic) bond motifs is 2. The Hall–Kier alpha value is -4.01. The number of halogens is 7. The summed E-state index contributed by atoms with van der Waals surface area (Å²) in [7, 11) is 0. The maximum absolute atomic E-state index is 14.0. The van der Waals surface area contributed by atoms with Crippen molar-refractivity contribution >= 4 is 11.9 Å². The predicted octanol–water partition coefficient (Wildman–Crippen LogP) is 6.68. The zero-order chi connectivity index (χ0) is 35.9. The Morgan fingerprint density at radius 2 is 1.54 bits per heavy atom. The number of alkyl halides is 6. The van der Waals surface area contributed by atoms with Crippen LogP contribution in [0.2, 0.25) is 0 Å². The van der Waals surface area contributed by atoms with E-state index >= 15 is 0 Å². The van der Waals surface area contributed by atoms with Gasteiger partial charge in [0.25, 0.3) is 5.91 Å². The van der Waals surface area contributed by atoms with Crippen LogP contribution in [0.15, 0.2) is 66.7 Å². The molecule has 1 aliphatic carbocycles. The molecule has 0 saturated carbocycles. The summed E-state index contributed by atoms with van der Waals surface area (Å²) in [6, 6.07) is 14.3. The molecule has 3 aromatic carbocycles. The minimum absolute atomic E-state index is 0.0215. The number of likely N-dealkylation sites (tertiary alicyclic amines) is 1. The van der Waals surface area contributed by atoms with E-state index in [1.807, 2.05) is 18.2 Å². The zero-order valence-electron chi connectivity index (χ0n) is 26.8. The van der Waals surface area contributed by atoms with Crippen LogP contribution in [0.1, 0.15) is 57.4 Å². The summed E-state index contributed by atoms with van der Waals surface area (Å²) in [5, 5.41) is 9.27. The highest BCUT2D eigenvalue weighted by Gasteiger charge is 2.50. The van der Waals surface area contributed by atoms with Crippen molar-refractivity contribution in [2.75, 3.05) is 45.9 Å². The Labute approximate surface area is 283 Å². The number of aliphatic carboxylic acids is 1. The average Bonchev–Trinajstić information content (AvgIpc) is 3.38. The highest BCUT2D eigenvalue weighted by molar-refractivity contribution is 5.95. The number of rotatable bonds is 8. The van der Waals surface area contributed by atoms with Crippen LogP contribution >= 0.6 is 0 Å². The van der Waals surface area contributed by atoms with Crippen LogP contribution in [0, 0.1) is 5.82 Å². The lowest BCUT2D eigenvalue weighted by molar-refractivity contribution is -0.146. The second-order valence-corrected chi connectivity index (χ2v) is 13.2. The molecule has 2 heterocycles. The number of benzene rings is 3. The molecule has 268 valence electrons. The van der Waals surface area contributed by atoms with Gasteiger partial charge >= 0.3 is 18.3 Å². The molecule has 0 bridgehead atoms. The van der Waals surface area contributed by atoms with Crippen molar-refractivity contribution in [3.63, 3.8) is 0 Å². The lowest BCUT2D eigenvalue weighted by atomic mass is 9.72. The van der Waals surface area contributed by atoms with Gasteiger partial charge in [0.05, 0.1) is 30.4 Å². The molecule has 2 atom stereocenters. The van der Waals surface area contributed by atoms with E-state index in [1.54, 1.807) is 0 Å². The van der Waals surface area contributed by atoms with Crippen molar-refractivity contribution in [1.29, 1.82) is 0 Å². The second kappa shape index (κ2) is 13.6. The van der Waals surface area contributed by atoms with Crippen molar-refractivity contribution in [3.05, 3.63) is 106 Å². The Morgan fingerprint density at radius 1 is 0.900 bits per heavy atom. The number of hydrogen-bond donors (Lipinski definition) is 1. The van der Waals surface area contributed by atoms with E-state index < -0.39 is 58.9 Å². The summed E-state index contributed by atoms with van der Waals surface area (Å²) >= 11 is 0. The SMILES string of the molecule is O=C(O)CO[C@H]1Cc2ccccc2C12CCN(CC[C@]1(c3ccc(F)cc3)CN(C(=O)c3cc(C(F)(F)F)cc(C(F)(F)F)c3)CCO1)CC2. The highest BCUT2D eigenvalue weighted by Crippen LogP contribution is 2.48. The molecule has 14 heteroatoms. The molecule has 7 nitrogen and oxygen atoms in total. The van der Waals surface area contributed by atoms with Crippen LogP contribution in [0.25, 0.3) is 0 Å². The standard InChI is InChI=1S/C36H35F7N2O5/c37-28-7-5-25(6-8-28)34(22-45(15-16-50-34)32(48)24-17-26(35(38,39)40)20-27(18-24)36(41,42)43)11-14-44-12-9-33(10-13-44)29-4-2-1-3-23(29)19-30(33)49-21-31(46)47/h1-8,17-18,20,30H,9-16,19,21-22H2,(H,46,47)/t30-,34+/m0/s1. The molecule has 1 spiro atoms. The molecule has 1 N–H and O–H groups in total. The van der Waals surface area contributed by atoms with E-state index in [2.05, 4.69) is 11.0 Å². The minimum Gasteiger partial charge on any atom is -0.480 e. The summed E-state index contributed by atoms with van der Waals surface area (Å²) in [5.41, 5.74) is -2.76. The smallest absolute Gasteiger partial charge is 0.416 e. The van der Waals surface area contributed by atoms with Gasteiger partial charge in [-0.15, -0.1) is 0 Å². The minimum atomic E-state index is -5.12. The summed E-state index contributed by atoms with van der Waals surface area (Å²) < 4.78 is 108. The van der Waals surface area contributed by atoms with Gasteiger partial charge in [0, 0.05) is 24.1 Å². The molecule has 0 unspecified atom stereocenters. The summed E-state index contributed by atoms with van der Waals surface area (Å²) in [4.78, 5) is 28.3. The summed E-state index contributed by atoms with van der Waals surface area (Å²) in [5.74, 6) is -2.58. The average molecular weight is 709 g/mol. The Bertz CT molecular complexity index is 1690. The fraction of sp³-hybridized carbons (Fsp3) is 0.444. The summed E-state index contributed by atoms with van der Waals surface area (Å²) in [6.07, 6.45) is -8.30. The van der Waals surface area contributed by atoms with Gasteiger partial charge in [-0.3, -0.25) is 4.79 Å². The molecule has 3 aliphatic rings. The van der Waals surface area contributed by atoms with Gasteiger partial charge in [-0.1, -0.05) is 36.4 Å². The number of carbonyl (C=O) groups is 2. The lowest BCUT2D eigenvalue weighted by Gasteiger charge is -2.46. The van der Waals surface area contributed by atoms with Gasteiger partial charge in [0.1, 0.15) is 18.0 Å². The quantitative estimate of drug-likeness (QED) is 0.263. The molecule has 0 aromatic heterocycles. The first-order chi connectivity index (χ1) is 23.6. The van der Waals surface area contributed by atoms with Crippen molar-refractivity contribution in [2.45, 2.75) is 55.2 Å². The molecular weight excluding hydrogens is 673 g/mol. The molecule has 6 rings (SSSR count). The number of carboxylic acids is 1. The molecule has 3 aromatic rings. The molecule has 2 fully saturated rings. The van der Waals surface area contributed by atoms with Crippen LogP contribution in [-0.2, 0) is 44.1 Å². The van der Waals surface area contributed by atoms with Crippen LogP contribution < -0.4 is 0 Å². The highest BCUT2D eigenvalue weighted by atomic mass is 19.4. The molecule has 2 saturated heterocycles. The molecule has 2 aliphatic heterocycles. The summed E-state index contributed by atoms with van der Waals surface area (Å²) in [6.45, 7) is 0.945. The predicted molar refractivity (Wildman–Crippen MR) is 166 cm³/mol. The van der Waals surface area contributed by atoms with Crippen molar-refractivity contribution in [1.82, 2.24) is 9.80 Å². The van der Waals surface area contributed by atoms with Gasteiger partial charge in [0.15, 0.2) is 0 Å². The van der Waals surface area contributed by atoms with Crippen LogP contribution in [-0.4, -0.2) is 78.8 Å². The number of ether oxygens (including phenoxy) is 2.